The van der Waals surface area contributed by atoms with E-state index >= 15 is 0 Å². The number of nitrogens with zero attached hydrogens (tertiary/aromatic N) is 1. The number of benzene rings is 1. The third-order valence-corrected chi connectivity index (χ3v) is 4.84. The van der Waals surface area contributed by atoms with Gasteiger partial charge in [-0.2, -0.15) is 0 Å². The van der Waals surface area contributed by atoms with E-state index in [-0.39, 0.29) is 11.8 Å². The maximum atomic E-state index is 13.0. The summed E-state index contributed by atoms with van der Waals surface area (Å²) in [6.45, 7) is 1.80. The first-order valence-electron chi connectivity index (χ1n) is 9.71. The van der Waals surface area contributed by atoms with Gasteiger partial charge >= 0.3 is 6.03 Å². The van der Waals surface area contributed by atoms with Gasteiger partial charge in [0.05, 0.1) is 17.6 Å². The molecule has 27 heavy (non-hydrogen) atoms. The lowest BCUT2D eigenvalue weighted by atomic mass is 10.00. The summed E-state index contributed by atoms with van der Waals surface area (Å²) in [7, 11) is 0. The Morgan fingerprint density at radius 3 is 2.70 bits per heavy atom. The number of halogens is 1. The van der Waals surface area contributed by atoms with Crippen molar-refractivity contribution in [2.75, 3.05) is 18.4 Å². The second kappa shape index (κ2) is 10.0. The lowest BCUT2D eigenvalue weighted by molar-refractivity contribution is 0.251. The lowest BCUT2D eigenvalue weighted by Gasteiger charge is -2.23. The van der Waals surface area contributed by atoms with E-state index in [1.165, 1.54) is 37.8 Å². The van der Waals surface area contributed by atoms with E-state index in [0.29, 0.717) is 18.3 Å². The molecule has 5 nitrogen and oxygen atoms in total. The first kappa shape index (κ1) is 19.3. The van der Waals surface area contributed by atoms with E-state index in [0.717, 1.165) is 30.6 Å². The van der Waals surface area contributed by atoms with E-state index < -0.39 is 0 Å². The molecule has 1 atom stereocenters. The Morgan fingerprint density at radius 1 is 1.15 bits per heavy atom. The highest BCUT2D eigenvalue weighted by Gasteiger charge is 2.11. The molecule has 3 N–H and O–H groups in total. The monoisotopic (exact) mass is 370 g/mol. The molecule has 0 spiro atoms. The number of carbonyl (C=O) groups is 1. The van der Waals surface area contributed by atoms with E-state index in [1.54, 1.807) is 30.5 Å². The number of anilines is 1. The number of rotatable bonds is 7. The number of hydrogen-bond donors (Lipinski definition) is 3. The molecular formula is C21H27FN4O. The van der Waals surface area contributed by atoms with Gasteiger partial charge in [0.1, 0.15) is 5.82 Å². The predicted octanol–water partition coefficient (Wildman–Crippen LogP) is 4.32. The third kappa shape index (κ3) is 6.32. The van der Waals surface area contributed by atoms with Crippen LogP contribution in [0.15, 0.2) is 42.6 Å². The molecule has 0 radical (unpaired) electrons. The number of piperidine rings is 1. The normalized spacial score (nSPS) is 16.7. The number of carbonyl (C=O) groups excluding carboxylic acids is 1. The van der Waals surface area contributed by atoms with Crippen molar-refractivity contribution in [3.05, 3.63) is 48.4 Å². The highest BCUT2D eigenvalue weighted by Crippen LogP contribution is 2.18. The Balaban J connectivity index is 1.35. The SMILES string of the molecule is O=C(NCCCCC1CCCCN1)Nc1ccc(-c2ccc(F)cc2)nc1. The average molecular weight is 370 g/mol. The Morgan fingerprint density at radius 2 is 2.00 bits per heavy atom. The molecule has 1 aliphatic heterocycles. The number of urea groups is 1. The largest absolute Gasteiger partial charge is 0.338 e. The zero-order chi connectivity index (χ0) is 18.9. The van der Waals surface area contributed by atoms with Gasteiger partial charge in [-0.3, -0.25) is 4.98 Å². The van der Waals surface area contributed by atoms with Crippen molar-refractivity contribution in [2.45, 2.75) is 44.6 Å². The van der Waals surface area contributed by atoms with E-state index in [2.05, 4.69) is 20.9 Å². The van der Waals surface area contributed by atoms with Crippen molar-refractivity contribution < 1.29 is 9.18 Å². The summed E-state index contributed by atoms with van der Waals surface area (Å²) in [5, 5.41) is 9.21. The minimum Gasteiger partial charge on any atom is -0.338 e. The fraction of sp³-hybridized carbons (Fsp3) is 0.429. The van der Waals surface area contributed by atoms with E-state index in [9.17, 15) is 9.18 Å². The molecule has 144 valence electrons. The molecular weight excluding hydrogens is 343 g/mol. The second-order valence-electron chi connectivity index (χ2n) is 6.96. The van der Waals surface area contributed by atoms with Crippen LogP contribution in [0.1, 0.15) is 38.5 Å². The van der Waals surface area contributed by atoms with Crippen LogP contribution in [0.2, 0.25) is 0 Å². The molecule has 1 unspecified atom stereocenters. The highest BCUT2D eigenvalue weighted by molar-refractivity contribution is 5.89. The standard InChI is InChI=1S/C21H27FN4O/c22-17-9-7-16(8-10-17)20-12-11-19(15-25-20)26-21(27)24-14-4-2-6-18-5-1-3-13-23-18/h7-12,15,18,23H,1-6,13-14H2,(H2,24,26,27). The van der Waals surface area contributed by atoms with Gasteiger partial charge in [-0.05, 0) is 68.6 Å². The summed E-state index contributed by atoms with van der Waals surface area (Å²) in [4.78, 5) is 16.3. The molecule has 0 saturated carbocycles. The smallest absolute Gasteiger partial charge is 0.319 e. The van der Waals surface area contributed by atoms with Crippen LogP contribution in [0.5, 0.6) is 0 Å². The van der Waals surface area contributed by atoms with Crippen molar-refractivity contribution in [1.82, 2.24) is 15.6 Å². The summed E-state index contributed by atoms with van der Waals surface area (Å²) < 4.78 is 13.0. The number of amides is 2. The van der Waals surface area contributed by atoms with Crippen molar-refractivity contribution in [2.24, 2.45) is 0 Å². The Labute approximate surface area is 159 Å². The van der Waals surface area contributed by atoms with Gasteiger partial charge in [0.2, 0.25) is 0 Å². The predicted molar refractivity (Wildman–Crippen MR) is 106 cm³/mol. The van der Waals surface area contributed by atoms with Crippen molar-refractivity contribution in [3.8, 4) is 11.3 Å². The van der Waals surface area contributed by atoms with Crippen molar-refractivity contribution >= 4 is 11.7 Å². The highest BCUT2D eigenvalue weighted by atomic mass is 19.1. The first-order chi connectivity index (χ1) is 13.2. The Bertz CT molecular complexity index is 712. The summed E-state index contributed by atoms with van der Waals surface area (Å²) in [5.41, 5.74) is 2.20. The fourth-order valence-corrected chi connectivity index (χ4v) is 3.32. The fourth-order valence-electron chi connectivity index (χ4n) is 3.32. The molecule has 0 bridgehead atoms. The van der Waals surface area contributed by atoms with Crippen LogP contribution in [-0.4, -0.2) is 30.1 Å². The van der Waals surface area contributed by atoms with E-state index in [4.69, 9.17) is 0 Å². The van der Waals surface area contributed by atoms with Crippen LogP contribution in [0.3, 0.4) is 0 Å². The van der Waals surface area contributed by atoms with Gasteiger partial charge in [-0.1, -0.05) is 12.8 Å². The Kier molecular flexibility index (Phi) is 7.16. The molecule has 2 aromatic rings. The van der Waals surface area contributed by atoms with Gasteiger partial charge in [-0.25, -0.2) is 9.18 Å². The average Bonchev–Trinajstić information content (AvgIpc) is 2.70. The number of pyridine rings is 1. The van der Waals surface area contributed by atoms with Crippen LogP contribution >= 0.6 is 0 Å². The van der Waals surface area contributed by atoms with Crippen molar-refractivity contribution in [3.63, 3.8) is 0 Å². The van der Waals surface area contributed by atoms with Crippen LogP contribution in [0, 0.1) is 5.82 Å². The van der Waals surface area contributed by atoms with Crippen molar-refractivity contribution in [1.29, 1.82) is 0 Å². The third-order valence-electron chi connectivity index (χ3n) is 4.84. The lowest BCUT2D eigenvalue weighted by Crippen LogP contribution is -2.34. The number of aromatic nitrogens is 1. The zero-order valence-electron chi connectivity index (χ0n) is 15.5. The van der Waals surface area contributed by atoms with Gasteiger partial charge in [0, 0.05) is 18.2 Å². The van der Waals surface area contributed by atoms with Gasteiger partial charge < -0.3 is 16.0 Å². The molecule has 1 saturated heterocycles. The molecule has 2 amide bonds. The molecule has 1 aromatic carbocycles. The Hall–Kier alpha value is -2.47. The molecule has 3 rings (SSSR count). The summed E-state index contributed by atoms with van der Waals surface area (Å²) in [6.07, 6.45) is 8.77. The van der Waals surface area contributed by atoms with Crippen LogP contribution in [0.25, 0.3) is 11.3 Å². The first-order valence-corrected chi connectivity index (χ1v) is 9.71. The molecule has 2 heterocycles. The molecule has 6 heteroatoms. The molecule has 1 fully saturated rings. The second-order valence-corrected chi connectivity index (χ2v) is 6.96. The molecule has 0 aliphatic carbocycles. The number of hydrogen-bond acceptors (Lipinski definition) is 3. The van der Waals surface area contributed by atoms with Crippen LogP contribution in [0.4, 0.5) is 14.9 Å². The van der Waals surface area contributed by atoms with Crippen LogP contribution < -0.4 is 16.0 Å². The summed E-state index contributed by atoms with van der Waals surface area (Å²) >= 11 is 0. The van der Waals surface area contributed by atoms with Gasteiger partial charge in [0.25, 0.3) is 0 Å². The zero-order valence-corrected chi connectivity index (χ0v) is 15.5. The number of unbranched alkanes of at least 4 members (excludes halogenated alkanes) is 1. The molecule has 1 aliphatic rings. The van der Waals surface area contributed by atoms with Gasteiger partial charge in [-0.15, -0.1) is 0 Å². The van der Waals surface area contributed by atoms with Gasteiger partial charge in [0.15, 0.2) is 0 Å². The minimum atomic E-state index is -0.274. The maximum Gasteiger partial charge on any atom is 0.319 e. The molecule has 1 aromatic heterocycles. The van der Waals surface area contributed by atoms with E-state index in [1.807, 2.05) is 0 Å². The quantitative estimate of drug-likeness (QED) is 0.636. The summed E-state index contributed by atoms with van der Waals surface area (Å²) in [6, 6.07) is 10.2. The maximum absolute atomic E-state index is 13.0. The number of nitrogens with one attached hydrogen (secondary N) is 3. The topological polar surface area (TPSA) is 66.1 Å². The minimum absolute atomic E-state index is 0.220. The summed E-state index contributed by atoms with van der Waals surface area (Å²) in [5.74, 6) is -0.274. The van der Waals surface area contributed by atoms with Crippen LogP contribution in [-0.2, 0) is 0 Å².